The number of hydrogen-bond donors (Lipinski definition) is 0. The molecule has 4 nitrogen and oxygen atoms in total. The Hall–Kier alpha value is -2.18. The van der Waals surface area contributed by atoms with Gasteiger partial charge >= 0.3 is 6.18 Å². The third-order valence-corrected chi connectivity index (χ3v) is 3.49. The number of carbonyl (C=O) groups excluding carboxylic acids is 1. The van der Waals surface area contributed by atoms with Crippen LogP contribution in [-0.4, -0.2) is 44.3 Å². The average Bonchev–Trinajstić information content (AvgIpc) is 2.50. The molecule has 0 aliphatic carbocycles. The Kier molecular flexibility index (Phi) is 7.12. The van der Waals surface area contributed by atoms with E-state index < -0.39 is 24.0 Å². The number of carbonyl (C=O) groups is 1. The molecule has 0 N–H and O–H groups in total. The smallest absolute Gasteiger partial charge is 0.406 e. The number of ether oxygens (including phenoxy) is 2. The van der Waals surface area contributed by atoms with Crippen molar-refractivity contribution in [2.45, 2.75) is 33.4 Å². The molecule has 0 radical (unpaired) electrons. The molecule has 0 aliphatic heterocycles. The van der Waals surface area contributed by atoms with Gasteiger partial charge in [-0.1, -0.05) is 26.8 Å². The first-order valence-corrected chi connectivity index (χ1v) is 8.13. The highest BCUT2D eigenvalue weighted by Crippen LogP contribution is 2.34. The lowest BCUT2D eigenvalue weighted by molar-refractivity contribution is -0.142. The highest BCUT2D eigenvalue weighted by Gasteiger charge is 2.35. The molecule has 1 amide bonds. The maximum atomic E-state index is 13.0. The van der Waals surface area contributed by atoms with Gasteiger partial charge in [0.2, 0.25) is 0 Å². The summed E-state index contributed by atoms with van der Waals surface area (Å²) in [6.45, 7) is 7.65. The second-order valence-corrected chi connectivity index (χ2v) is 7.20. The van der Waals surface area contributed by atoms with Crippen LogP contribution in [0.25, 0.3) is 0 Å². The van der Waals surface area contributed by atoms with Gasteiger partial charge in [-0.05, 0) is 24.0 Å². The molecule has 0 bridgehead atoms. The number of halogens is 3. The minimum absolute atomic E-state index is 0.0313. The van der Waals surface area contributed by atoms with Crippen LogP contribution >= 0.6 is 0 Å². The number of benzene rings is 1. The first-order chi connectivity index (χ1) is 11.9. The Morgan fingerprint density at radius 1 is 1.15 bits per heavy atom. The van der Waals surface area contributed by atoms with Gasteiger partial charge in [-0.3, -0.25) is 4.79 Å². The monoisotopic (exact) mass is 373 g/mol. The fraction of sp³-hybridized carbons (Fsp3) is 0.526. The van der Waals surface area contributed by atoms with Crippen LogP contribution in [-0.2, 0) is 6.42 Å². The predicted molar refractivity (Wildman–Crippen MR) is 94.9 cm³/mol. The summed E-state index contributed by atoms with van der Waals surface area (Å²) in [4.78, 5) is 13.6. The number of nitrogens with zero attached hydrogens (tertiary/aromatic N) is 1. The molecule has 0 saturated heterocycles. The summed E-state index contributed by atoms with van der Waals surface area (Å²) >= 11 is 0. The molecule has 0 aliphatic rings. The van der Waals surface area contributed by atoms with Crippen molar-refractivity contribution in [3.05, 3.63) is 35.9 Å². The van der Waals surface area contributed by atoms with E-state index in [1.165, 1.54) is 26.4 Å². The summed E-state index contributed by atoms with van der Waals surface area (Å²) in [5.74, 6) is 0.0172. The number of alkyl halides is 3. The molecule has 0 spiro atoms. The van der Waals surface area contributed by atoms with Crippen molar-refractivity contribution < 1.29 is 27.4 Å². The zero-order valence-electron chi connectivity index (χ0n) is 15.9. The van der Waals surface area contributed by atoms with Gasteiger partial charge in [0.15, 0.2) is 11.5 Å². The summed E-state index contributed by atoms with van der Waals surface area (Å²) in [6.07, 6.45) is -2.48. The maximum absolute atomic E-state index is 13.0. The lowest BCUT2D eigenvalue weighted by atomic mass is 9.95. The minimum Gasteiger partial charge on any atom is -0.493 e. The quantitative estimate of drug-likeness (QED) is 0.662. The molecule has 0 atom stereocenters. The summed E-state index contributed by atoms with van der Waals surface area (Å²) < 4.78 is 49.4. The maximum Gasteiger partial charge on any atom is 0.406 e. The Labute approximate surface area is 152 Å². The molecule has 1 rings (SSSR count). The van der Waals surface area contributed by atoms with Crippen LogP contribution in [0.4, 0.5) is 13.2 Å². The van der Waals surface area contributed by atoms with Gasteiger partial charge in [-0.25, -0.2) is 0 Å². The van der Waals surface area contributed by atoms with Gasteiger partial charge in [0.25, 0.3) is 5.91 Å². The molecular formula is C19H26F3NO3. The standard InChI is InChI=1S/C19H26F3NO3/c1-7-8-13-9-14(10-15(25-5)16(13)26-6)17(24)23(11-18(2,3)4)12-19(20,21)22/h7,9-10H,1,8,11-12H2,2-6H3. The number of amides is 1. The molecule has 26 heavy (non-hydrogen) atoms. The van der Waals surface area contributed by atoms with Crippen molar-refractivity contribution in [3.8, 4) is 11.5 Å². The summed E-state index contributed by atoms with van der Waals surface area (Å²) in [7, 11) is 2.87. The first kappa shape index (κ1) is 21.9. The fourth-order valence-corrected chi connectivity index (χ4v) is 2.64. The van der Waals surface area contributed by atoms with Crippen LogP contribution in [0.5, 0.6) is 11.5 Å². The van der Waals surface area contributed by atoms with E-state index in [0.717, 1.165) is 4.90 Å². The number of allylic oxidation sites excluding steroid dienone is 1. The zero-order chi connectivity index (χ0) is 20.1. The molecule has 1 aromatic rings. The normalized spacial score (nSPS) is 11.8. The highest BCUT2D eigenvalue weighted by molar-refractivity contribution is 5.95. The highest BCUT2D eigenvalue weighted by atomic mass is 19.4. The Morgan fingerprint density at radius 3 is 2.19 bits per heavy atom. The van der Waals surface area contributed by atoms with Gasteiger partial charge < -0.3 is 14.4 Å². The lowest BCUT2D eigenvalue weighted by Crippen LogP contribution is -2.43. The van der Waals surface area contributed by atoms with E-state index in [9.17, 15) is 18.0 Å². The molecule has 146 valence electrons. The summed E-state index contributed by atoms with van der Waals surface area (Å²) in [5.41, 5.74) is 0.252. The van der Waals surface area contributed by atoms with Crippen molar-refractivity contribution in [2.75, 3.05) is 27.3 Å². The van der Waals surface area contributed by atoms with E-state index in [1.54, 1.807) is 26.8 Å². The second kappa shape index (κ2) is 8.47. The summed E-state index contributed by atoms with van der Waals surface area (Å²) in [6, 6.07) is 2.93. The van der Waals surface area contributed by atoms with Crippen molar-refractivity contribution >= 4 is 5.91 Å². The molecule has 0 heterocycles. The van der Waals surface area contributed by atoms with Crippen LogP contribution < -0.4 is 9.47 Å². The molecule has 0 saturated carbocycles. The number of hydrogen-bond acceptors (Lipinski definition) is 3. The Bertz CT molecular complexity index is 633. The SMILES string of the molecule is C=CCc1cc(C(=O)N(CC(C)(C)C)CC(F)(F)F)cc(OC)c1OC. The van der Waals surface area contributed by atoms with Crippen LogP contribution in [0, 0.1) is 5.41 Å². The predicted octanol–water partition coefficient (Wildman–Crippen LogP) is 4.48. The van der Waals surface area contributed by atoms with Gasteiger partial charge in [-0.2, -0.15) is 13.2 Å². The summed E-state index contributed by atoms with van der Waals surface area (Å²) in [5, 5.41) is 0. The number of methoxy groups -OCH3 is 2. The van der Waals surface area contributed by atoms with Crippen molar-refractivity contribution in [1.82, 2.24) is 4.90 Å². The van der Waals surface area contributed by atoms with Crippen LogP contribution in [0.1, 0.15) is 36.7 Å². The topological polar surface area (TPSA) is 38.8 Å². The van der Waals surface area contributed by atoms with E-state index in [4.69, 9.17) is 9.47 Å². The van der Waals surface area contributed by atoms with E-state index in [1.807, 2.05) is 0 Å². The van der Waals surface area contributed by atoms with E-state index in [0.29, 0.717) is 17.7 Å². The fourth-order valence-electron chi connectivity index (χ4n) is 2.64. The largest absolute Gasteiger partial charge is 0.493 e. The molecule has 0 unspecified atom stereocenters. The van der Waals surface area contributed by atoms with Crippen molar-refractivity contribution in [3.63, 3.8) is 0 Å². The molecule has 0 aromatic heterocycles. The lowest BCUT2D eigenvalue weighted by Gasteiger charge is -2.31. The Balaban J connectivity index is 3.37. The van der Waals surface area contributed by atoms with E-state index in [2.05, 4.69) is 6.58 Å². The number of rotatable bonds is 7. The minimum atomic E-state index is -4.48. The third-order valence-electron chi connectivity index (χ3n) is 3.49. The van der Waals surface area contributed by atoms with Gasteiger partial charge in [0, 0.05) is 17.7 Å². The van der Waals surface area contributed by atoms with Crippen molar-refractivity contribution in [1.29, 1.82) is 0 Å². The molecule has 7 heteroatoms. The van der Waals surface area contributed by atoms with Crippen LogP contribution in [0.2, 0.25) is 0 Å². The van der Waals surface area contributed by atoms with E-state index >= 15 is 0 Å². The van der Waals surface area contributed by atoms with Crippen LogP contribution in [0.15, 0.2) is 24.8 Å². The first-order valence-electron chi connectivity index (χ1n) is 8.13. The van der Waals surface area contributed by atoms with Gasteiger partial charge in [0.05, 0.1) is 14.2 Å². The zero-order valence-corrected chi connectivity index (χ0v) is 15.9. The molecular weight excluding hydrogens is 347 g/mol. The molecule has 1 aromatic carbocycles. The third kappa shape index (κ3) is 6.28. The Morgan fingerprint density at radius 2 is 1.77 bits per heavy atom. The second-order valence-electron chi connectivity index (χ2n) is 7.20. The van der Waals surface area contributed by atoms with Crippen LogP contribution in [0.3, 0.4) is 0 Å². The van der Waals surface area contributed by atoms with Gasteiger partial charge in [-0.15, -0.1) is 6.58 Å². The van der Waals surface area contributed by atoms with Gasteiger partial charge in [0.1, 0.15) is 6.54 Å². The van der Waals surface area contributed by atoms with Crippen molar-refractivity contribution in [2.24, 2.45) is 5.41 Å². The average molecular weight is 373 g/mol. The van der Waals surface area contributed by atoms with E-state index in [-0.39, 0.29) is 17.9 Å². The molecule has 0 fully saturated rings.